The highest BCUT2D eigenvalue weighted by Gasteiger charge is 2.35. The summed E-state index contributed by atoms with van der Waals surface area (Å²) in [5.74, 6) is -1.42. The first kappa shape index (κ1) is 20.9. The van der Waals surface area contributed by atoms with Gasteiger partial charge in [0.2, 0.25) is 0 Å². The Hall–Kier alpha value is -2.87. The second-order valence-corrected chi connectivity index (χ2v) is 7.43. The van der Waals surface area contributed by atoms with Gasteiger partial charge in [-0.25, -0.2) is 4.39 Å². The molecule has 1 aromatic carbocycles. The predicted molar refractivity (Wildman–Crippen MR) is 106 cm³/mol. The molecular formula is C20H21ClFN3O4. The van der Waals surface area contributed by atoms with Crippen molar-refractivity contribution in [3.8, 4) is 5.75 Å². The van der Waals surface area contributed by atoms with Crippen LogP contribution < -0.4 is 10.3 Å². The van der Waals surface area contributed by atoms with Gasteiger partial charge >= 0.3 is 0 Å². The van der Waals surface area contributed by atoms with E-state index in [4.69, 9.17) is 16.3 Å². The van der Waals surface area contributed by atoms with Crippen molar-refractivity contribution >= 4 is 23.4 Å². The molecule has 0 fully saturated rings. The highest BCUT2D eigenvalue weighted by molar-refractivity contribution is 6.30. The van der Waals surface area contributed by atoms with Crippen molar-refractivity contribution in [3.63, 3.8) is 0 Å². The van der Waals surface area contributed by atoms with Gasteiger partial charge in [-0.3, -0.25) is 14.4 Å². The van der Waals surface area contributed by atoms with E-state index in [0.717, 1.165) is 0 Å². The summed E-state index contributed by atoms with van der Waals surface area (Å²) in [6.07, 6.45) is 0.370. The van der Waals surface area contributed by atoms with E-state index in [-0.39, 0.29) is 34.5 Å². The lowest BCUT2D eigenvalue weighted by atomic mass is 9.95. The van der Waals surface area contributed by atoms with Crippen LogP contribution in [0.15, 0.2) is 23.0 Å². The summed E-state index contributed by atoms with van der Waals surface area (Å²) < 4.78 is 19.9. The minimum atomic E-state index is -0.559. The molecule has 0 saturated carbocycles. The van der Waals surface area contributed by atoms with Gasteiger partial charge in [0.25, 0.3) is 17.4 Å². The Bertz CT molecular complexity index is 1060. The van der Waals surface area contributed by atoms with Crippen LogP contribution in [0.1, 0.15) is 32.0 Å². The van der Waals surface area contributed by atoms with Crippen molar-refractivity contribution in [2.75, 3.05) is 27.7 Å². The minimum Gasteiger partial charge on any atom is -0.490 e. The lowest BCUT2D eigenvalue weighted by Gasteiger charge is -2.31. The number of fused-ring (bicyclic) bond motifs is 1. The fourth-order valence-electron chi connectivity index (χ4n) is 3.48. The van der Waals surface area contributed by atoms with E-state index < -0.39 is 17.3 Å². The van der Waals surface area contributed by atoms with Gasteiger partial charge in [-0.05, 0) is 24.1 Å². The van der Waals surface area contributed by atoms with Gasteiger partial charge in [0.05, 0.1) is 17.7 Å². The Balaban J connectivity index is 2.09. The van der Waals surface area contributed by atoms with E-state index in [1.165, 1.54) is 40.7 Å². The Morgan fingerprint density at radius 3 is 2.59 bits per heavy atom. The summed E-state index contributed by atoms with van der Waals surface area (Å²) >= 11 is 5.84. The molecule has 2 amide bonds. The second kappa shape index (κ2) is 7.87. The maximum Gasteiger partial charge on any atom is 0.294 e. The number of nitrogens with zero attached hydrogens (tertiary/aromatic N) is 3. The number of hydrogen-bond acceptors (Lipinski definition) is 4. The smallest absolute Gasteiger partial charge is 0.294 e. The zero-order valence-corrected chi connectivity index (χ0v) is 17.3. The summed E-state index contributed by atoms with van der Waals surface area (Å²) in [7, 11) is 5.97. The molecule has 1 aliphatic rings. The summed E-state index contributed by atoms with van der Waals surface area (Å²) in [6, 6.07) is 4.25. The third-order valence-electron chi connectivity index (χ3n) is 4.95. The van der Waals surface area contributed by atoms with Gasteiger partial charge in [-0.1, -0.05) is 17.7 Å². The molecule has 29 heavy (non-hydrogen) atoms. The minimum absolute atomic E-state index is 0.0299. The fraction of sp³-hybridized carbons (Fsp3) is 0.350. The number of amides is 2. The fourth-order valence-corrected chi connectivity index (χ4v) is 3.68. The number of carbonyl (C=O) groups is 2. The molecule has 0 N–H and O–H groups in total. The van der Waals surface area contributed by atoms with Crippen molar-refractivity contribution < 1.29 is 18.7 Å². The van der Waals surface area contributed by atoms with Crippen molar-refractivity contribution in [3.05, 3.63) is 61.8 Å². The van der Waals surface area contributed by atoms with Crippen LogP contribution in [0.3, 0.4) is 0 Å². The van der Waals surface area contributed by atoms with Crippen LogP contribution in [-0.2, 0) is 20.0 Å². The van der Waals surface area contributed by atoms with Crippen LogP contribution in [0.5, 0.6) is 5.75 Å². The third kappa shape index (κ3) is 3.60. The van der Waals surface area contributed by atoms with Gasteiger partial charge in [0, 0.05) is 39.8 Å². The number of hydrogen-bond donors (Lipinski definition) is 0. The van der Waals surface area contributed by atoms with E-state index in [1.54, 1.807) is 20.2 Å². The average Bonchev–Trinajstić information content (AvgIpc) is 2.68. The van der Waals surface area contributed by atoms with Crippen molar-refractivity contribution in [1.29, 1.82) is 0 Å². The van der Waals surface area contributed by atoms with Crippen LogP contribution in [0, 0.1) is 5.82 Å². The number of rotatable bonds is 4. The van der Waals surface area contributed by atoms with E-state index in [9.17, 15) is 18.8 Å². The lowest BCUT2D eigenvalue weighted by molar-refractivity contribution is 0.0719. The number of aromatic nitrogens is 1. The van der Waals surface area contributed by atoms with Gasteiger partial charge in [0.15, 0.2) is 5.75 Å². The largest absolute Gasteiger partial charge is 0.490 e. The molecule has 154 valence electrons. The first-order valence-electron chi connectivity index (χ1n) is 8.92. The Labute approximate surface area is 172 Å². The summed E-state index contributed by atoms with van der Waals surface area (Å²) in [5.41, 5.74) is 0.854. The van der Waals surface area contributed by atoms with Crippen LogP contribution in [0.4, 0.5) is 4.39 Å². The van der Waals surface area contributed by atoms with Crippen molar-refractivity contribution in [2.45, 2.75) is 13.0 Å². The molecule has 0 atom stereocenters. The van der Waals surface area contributed by atoms with E-state index in [1.807, 2.05) is 0 Å². The normalized spacial score (nSPS) is 13.3. The molecule has 0 unspecified atom stereocenters. The second-order valence-electron chi connectivity index (χ2n) is 7.02. The van der Waals surface area contributed by atoms with Crippen LogP contribution >= 0.6 is 11.6 Å². The summed E-state index contributed by atoms with van der Waals surface area (Å²) in [4.78, 5) is 41.5. The standard InChI is InChI=1S/C20H21ClFN3O4/c1-23(2)19(27)16-12-7-8-25(10-11-5-6-14(22)13(21)9-11)18(26)15(12)17(29-4)20(28)24(16)3/h5-6,9H,7-8,10H2,1-4H3. The highest BCUT2D eigenvalue weighted by atomic mass is 35.5. The molecule has 1 aromatic heterocycles. The first-order chi connectivity index (χ1) is 13.7. The number of halogens is 2. The zero-order chi connectivity index (χ0) is 21.5. The molecule has 0 spiro atoms. The maximum absolute atomic E-state index is 13.4. The Morgan fingerprint density at radius 2 is 2.00 bits per heavy atom. The van der Waals surface area contributed by atoms with Gasteiger partial charge in [0.1, 0.15) is 11.5 Å². The third-order valence-corrected chi connectivity index (χ3v) is 5.24. The van der Waals surface area contributed by atoms with Gasteiger partial charge in [-0.2, -0.15) is 0 Å². The summed E-state index contributed by atoms with van der Waals surface area (Å²) in [5, 5.41) is -0.0299. The molecule has 0 saturated heterocycles. The zero-order valence-electron chi connectivity index (χ0n) is 16.6. The molecule has 3 rings (SSSR count). The number of carbonyl (C=O) groups excluding carboxylic acids is 2. The lowest BCUT2D eigenvalue weighted by Crippen LogP contribution is -2.42. The SMILES string of the molecule is COc1c2c(c(C(=O)N(C)C)n(C)c1=O)CCN(Cc1ccc(F)c(Cl)c1)C2=O. The molecule has 1 aliphatic heterocycles. The molecule has 2 heterocycles. The highest BCUT2D eigenvalue weighted by Crippen LogP contribution is 2.29. The van der Waals surface area contributed by atoms with E-state index in [2.05, 4.69) is 0 Å². The van der Waals surface area contributed by atoms with Crippen LogP contribution in [0.25, 0.3) is 0 Å². The van der Waals surface area contributed by atoms with Crippen LogP contribution in [-0.4, -0.2) is 53.9 Å². The van der Waals surface area contributed by atoms with Crippen molar-refractivity contribution in [2.24, 2.45) is 7.05 Å². The number of methoxy groups -OCH3 is 1. The first-order valence-corrected chi connectivity index (χ1v) is 9.29. The molecule has 2 aromatic rings. The number of pyridine rings is 1. The Kier molecular flexibility index (Phi) is 5.66. The number of ether oxygens (including phenoxy) is 1. The molecular weight excluding hydrogens is 401 g/mol. The molecule has 0 bridgehead atoms. The molecule has 0 aliphatic carbocycles. The monoisotopic (exact) mass is 421 g/mol. The number of benzene rings is 1. The Morgan fingerprint density at radius 1 is 1.31 bits per heavy atom. The topological polar surface area (TPSA) is 71.8 Å². The van der Waals surface area contributed by atoms with E-state index in [0.29, 0.717) is 24.1 Å². The molecule has 9 heteroatoms. The summed E-state index contributed by atoms with van der Waals surface area (Å²) in [6.45, 7) is 0.517. The molecule has 7 nitrogen and oxygen atoms in total. The van der Waals surface area contributed by atoms with Gasteiger partial charge < -0.3 is 19.1 Å². The maximum atomic E-state index is 13.4. The van der Waals surface area contributed by atoms with Gasteiger partial charge in [-0.15, -0.1) is 0 Å². The van der Waals surface area contributed by atoms with Crippen LogP contribution in [0.2, 0.25) is 5.02 Å². The quantitative estimate of drug-likeness (QED) is 0.757. The van der Waals surface area contributed by atoms with E-state index >= 15 is 0 Å². The predicted octanol–water partition coefficient (Wildman–Crippen LogP) is 2.09. The molecule has 0 radical (unpaired) electrons. The average molecular weight is 422 g/mol. The van der Waals surface area contributed by atoms with Crippen molar-refractivity contribution in [1.82, 2.24) is 14.4 Å².